The first-order chi connectivity index (χ1) is 9.31. The number of carbonyl (C=O) groups is 2. The minimum absolute atomic E-state index is 0.119. The average molecular weight is 318 g/mol. The Hall–Kier alpha value is -0.880. The van der Waals surface area contributed by atoms with Crippen LogP contribution in [0.2, 0.25) is 0 Å². The van der Waals surface area contributed by atoms with Gasteiger partial charge in [-0.2, -0.15) is 0 Å². The quantitative estimate of drug-likeness (QED) is 0.369. The third-order valence-corrected chi connectivity index (χ3v) is 6.26. The first-order valence-corrected chi connectivity index (χ1v) is 8.57. The second kappa shape index (κ2) is 9.94. The lowest BCUT2D eigenvalue weighted by atomic mass is 10.3. The van der Waals surface area contributed by atoms with Gasteiger partial charge in [0, 0.05) is 22.7 Å². The Morgan fingerprint density at radius 2 is 1.15 bits per heavy atom. The molecule has 0 fully saturated rings. The highest BCUT2D eigenvalue weighted by atomic mass is 33.1. The molecule has 0 rings (SSSR count). The largest absolute Gasteiger partial charge is 0.458 e. The third kappa shape index (κ3) is 7.65. The van der Waals surface area contributed by atoms with E-state index in [0.717, 1.165) is 12.2 Å². The summed E-state index contributed by atoms with van der Waals surface area (Å²) >= 11 is 0. The van der Waals surface area contributed by atoms with Gasteiger partial charge in [0.1, 0.15) is 12.2 Å². The van der Waals surface area contributed by atoms with Gasteiger partial charge in [0.2, 0.25) is 0 Å². The van der Waals surface area contributed by atoms with Crippen molar-refractivity contribution >= 4 is 33.5 Å². The molecule has 4 unspecified atom stereocenters. The molecule has 0 saturated heterocycles. The molecule has 0 amide bonds. The van der Waals surface area contributed by atoms with Crippen molar-refractivity contribution in [3.63, 3.8) is 0 Å². The molecule has 0 aliphatic rings. The van der Waals surface area contributed by atoms with Crippen LogP contribution in [0.3, 0.4) is 0 Å². The average Bonchev–Trinajstić information content (AvgIpc) is 2.43. The van der Waals surface area contributed by atoms with E-state index >= 15 is 0 Å². The van der Waals surface area contributed by atoms with E-state index in [-0.39, 0.29) is 22.7 Å². The predicted octanol–water partition coefficient (Wildman–Crippen LogP) is 3.38. The fourth-order valence-corrected chi connectivity index (χ4v) is 3.75. The highest BCUT2D eigenvalue weighted by Crippen LogP contribution is 2.35. The summed E-state index contributed by atoms with van der Waals surface area (Å²) in [4.78, 5) is 22.2. The highest BCUT2D eigenvalue weighted by molar-refractivity contribution is 8.77. The van der Waals surface area contributed by atoms with E-state index in [1.165, 1.54) is 0 Å². The summed E-state index contributed by atoms with van der Waals surface area (Å²) < 4.78 is 10.3. The molecule has 0 radical (unpaired) electrons. The van der Waals surface area contributed by atoms with Gasteiger partial charge in [0.25, 0.3) is 0 Å². The summed E-state index contributed by atoms with van der Waals surface area (Å²) in [6.07, 6.45) is 1.88. The zero-order valence-corrected chi connectivity index (χ0v) is 14.0. The Bertz CT molecular complexity index is 323. The van der Waals surface area contributed by atoms with Crippen LogP contribution in [-0.2, 0) is 19.1 Å². The van der Waals surface area contributed by atoms with Gasteiger partial charge in [-0.05, 0) is 27.7 Å². The zero-order chi connectivity index (χ0) is 15.7. The van der Waals surface area contributed by atoms with Crippen LogP contribution in [0.1, 0.15) is 27.7 Å². The van der Waals surface area contributed by atoms with Crippen LogP contribution in [-0.4, -0.2) is 34.6 Å². The van der Waals surface area contributed by atoms with Crippen molar-refractivity contribution in [1.82, 2.24) is 0 Å². The lowest BCUT2D eigenvalue weighted by Crippen LogP contribution is -2.25. The molecule has 0 aromatic carbocycles. The number of rotatable bonds is 9. The van der Waals surface area contributed by atoms with Gasteiger partial charge < -0.3 is 9.47 Å². The van der Waals surface area contributed by atoms with E-state index in [1.807, 2.05) is 27.7 Å². The van der Waals surface area contributed by atoms with Crippen molar-refractivity contribution < 1.29 is 19.1 Å². The Labute approximate surface area is 128 Å². The molecular formula is C14H22O4S2. The topological polar surface area (TPSA) is 52.6 Å². The second-order valence-electron chi connectivity index (χ2n) is 4.29. The van der Waals surface area contributed by atoms with E-state index in [1.54, 1.807) is 21.6 Å². The van der Waals surface area contributed by atoms with E-state index in [9.17, 15) is 9.59 Å². The van der Waals surface area contributed by atoms with Gasteiger partial charge in [0.15, 0.2) is 0 Å². The molecule has 0 aromatic heterocycles. The number of ether oxygens (including phenoxy) is 2. The molecular weight excluding hydrogens is 296 g/mol. The highest BCUT2D eigenvalue weighted by Gasteiger charge is 2.21. The minimum Gasteiger partial charge on any atom is -0.458 e. The van der Waals surface area contributed by atoms with Crippen LogP contribution in [0.15, 0.2) is 25.3 Å². The fourth-order valence-electron chi connectivity index (χ4n) is 0.986. The summed E-state index contributed by atoms with van der Waals surface area (Å²) in [6.45, 7) is 14.4. The molecule has 114 valence electrons. The molecule has 0 aromatic rings. The Balaban J connectivity index is 4.12. The summed E-state index contributed by atoms with van der Waals surface area (Å²) in [7, 11) is 3.19. The maximum atomic E-state index is 11.1. The second-order valence-corrected chi connectivity index (χ2v) is 7.32. The predicted molar refractivity (Wildman–Crippen MR) is 85.6 cm³/mol. The number of esters is 2. The summed E-state index contributed by atoms with van der Waals surface area (Å²) in [5, 5.41) is 0.238. The molecule has 0 aliphatic carbocycles. The number of carbonyl (C=O) groups excluding carboxylic acids is 2. The molecule has 0 N–H and O–H groups in total. The van der Waals surface area contributed by atoms with Crippen LogP contribution in [0.4, 0.5) is 0 Å². The van der Waals surface area contributed by atoms with Crippen LogP contribution in [0.5, 0.6) is 0 Å². The smallest absolute Gasteiger partial charge is 0.330 e. The van der Waals surface area contributed by atoms with Gasteiger partial charge >= 0.3 is 11.9 Å². The Morgan fingerprint density at radius 1 is 0.850 bits per heavy atom. The molecule has 0 bridgehead atoms. The Kier molecular flexibility index (Phi) is 9.50. The van der Waals surface area contributed by atoms with Crippen molar-refractivity contribution in [2.24, 2.45) is 0 Å². The minimum atomic E-state index is -0.420. The van der Waals surface area contributed by atoms with Crippen LogP contribution in [0.25, 0.3) is 0 Å². The molecule has 4 nitrogen and oxygen atoms in total. The molecule has 0 aliphatic heterocycles. The molecule has 6 heteroatoms. The maximum Gasteiger partial charge on any atom is 0.330 e. The summed E-state index contributed by atoms with van der Waals surface area (Å²) in [5.41, 5.74) is 0. The van der Waals surface area contributed by atoms with Gasteiger partial charge in [-0.3, -0.25) is 0 Å². The van der Waals surface area contributed by atoms with E-state index in [0.29, 0.717) is 0 Å². The lowest BCUT2D eigenvalue weighted by Gasteiger charge is -2.23. The summed E-state index contributed by atoms with van der Waals surface area (Å²) in [5.74, 6) is -0.840. The molecule has 0 saturated carbocycles. The zero-order valence-electron chi connectivity index (χ0n) is 12.3. The fraction of sp³-hybridized carbons (Fsp3) is 0.571. The number of hydrogen-bond donors (Lipinski definition) is 0. The van der Waals surface area contributed by atoms with Crippen molar-refractivity contribution in [2.45, 2.75) is 50.4 Å². The van der Waals surface area contributed by atoms with Crippen molar-refractivity contribution in [3.05, 3.63) is 25.3 Å². The van der Waals surface area contributed by atoms with E-state index in [2.05, 4.69) is 13.2 Å². The summed E-state index contributed by atoms with van der Waals surface area (Å²) in [6, 6.07) is 0. The Morgan fingerprint density at radius 3 is 1.40 bits per heavy atom. The monoisotopic (exact) mass is 318 g/mol. The van der Waals surface area contributed by atoms with Gasteiger partial charge in [0.05, 0.1) is 0 Å². The van der Waals surface area contributed by atoms with Gasteiger partial charge in [-0.25, -0.2) is 9.59 Å². The normalized spacial score (nSPS) is 16.4. The van der Waals surface area contributed by atoms with E-state index < -0.39 is 11.9 Å². The first-order valence-electron chi connectivity index (χ1n) is 6.30. The third-order valence-electron chi connectivity index (χ3n) is 2.62. The maximum absolute atomic E-state index is 11.1. The SMILES string of the molecule is C=CC(=O)OC(C)C(C)SSC(C)C(C)OC(=O)C=C. The van der Waals surface area contributed by atoms with Crippen molar-refractivity contribution in [2.75, 3.05) is 0 Å². The van der Waals surface area contributed by atoms with Crippen LogP contribution in [0, 0.1) is 0 Å². The van der Waals surface area contributed by atoms with E-state index in [4.69, 9.17) is 9.47 Å². The standard InChI is InChI=1S/C14H22O4S2/c1-7-13(15)17-9(3)11(5)19-20-12(6)10(4)18-14(16)8-2/h7-12H,1-2H2,3-6H3. The molecule has 20 heavy (non-hydrogen) atoms. The first kappa shape index (κ1) is 19.1. The van der Waals surface area contributed by atoms with Crippen molar-refractivity contribution in [1.29, 1.82) is 0 Å². The van der Waals surface area contributed by atoms with Crippen molar-refractivity contribution in [3.8, 4) is 0 Å². The van der Waals surface area contributed by atoms with Crippen LogP contribution < -0.4 is 0 Å². The van der Waals surface area contributed by atoms with Gasteiger partial charge in [-0.1, -0.05) is 34.7 Å². The molecule has 0 heterocycles. The molecule has 4 atom stereocenters. The molecule has 0 spiro atoms. The number of hydrogen-bond acceptors (Lipinski definition) is 6. The lowest BCUT2D eigenvalue weighted by molar-refractivity contribution is -0.142. The van der Waals surface area contributed by atoms with Gasteiger partial charge in [-0.15, -0.1) is 0 Å². The van der Waals surface area contributed by atoms with Crippen LogP contribution >= 0.6 is 21.6 Å².